The van der Waals surface area contributed by atoms with Gasteiger partial charge in [0.2, 0.25) is 23.6 Å². The Labute approximate surface area is 188 Å². The maximum absolute atomic E-state index is 12.7. The Hall–Kier alpha value is -3.13. The molecule has 9 N–H and O–H groups in total. The van der Waals surface area contributed by atoms with E-state index in [1.807, 2.05) is 6.26 Å². The van der Waals surface area contributed by atoms with Gasteiger partial charge < -0.3 is 37.5 Å². The van der Waals surface area contributed by atoms with Crippen LogP contribution in [0.1, 0.15) is 25.0 Å². The minimum absolute atomic E-state index is 0.0263. The van der Waals surface area contributed by atoms with Crippen molar-refractivity contribution in [3.05, 3.63) is 18.2 Å². The number of nitrogens with one attached hydrogen (secondary N) is 4. The molecule has 1 heterocycles. The number of carbonyl (C=O) groups is 5. The van der Waals surface area contributed by atoms with Crippen LogP contribution < -0.4 is 27.4 Å². The van der Waals surface area contributed by atoms with Crippen molar-refractivity contribution in [2.45, 2.75) is 43.8 Å². The summed E-state index contributed by atoms with van der Waals surface area (Å²) >= 11 is 1.44. The van der Waals surface area contributed by atoms with E-state index in [-0.39, 0.29) is 25.7 Å². The van der Waals surface area contributed by atoms with Crippen LogP contribution in [0.4, 0.5) is 0 Å². The molecule has 0 aromatic carbocycles. The topological polar surface area (TPSA) is 222 Å². The summed E-state index contributed by atoms with van der Waals surface area (Å²) in [5, 5.41) is 16.5. The Balaban J connectivity index is 2.72. The van der Waals surface area contributed by atoms with E-state index in [9.17, 15) is 29.1 Å². The lowest BCUT2D eigenvalue weighted by Crippen LogP contribution is -2.54. The molecule has 0 bridgehead atoms. The summed E-state index contributed by atoms with van der Waals surface area (Å²) in [5.41, 5.74) is 11.2. The van der Waals surface area contributed by atoms with Crippen molar-refractivity contribution < 1.29 is 29.1 Å². The van der Waals surface area contributed by atoms with E-state index in [2.05, 4.69) is 25.9 Å². The fraction of sp³-hybridized carbons (Fsp3) is 0.556. The molecule has 14 heteroatoms. The van der Waals surface area contributed by atoms with E-state index >= 15 is 0 Å². The van der Waals surface area contributed by atoms with Gasteiger partial charge in [-0.05, 0) is 24.9 Å². The van der Waals surface area contributed by atoms with Gasteiger partial charge in [-0.1, -0.05) is 0 Å². The number of primary amides is 1. The summed E-state index contributed by atoms with van der Waals surface area (Å²) in [4.78, 5) is 65.8. The van der Waals surface area contributed by atoms with E-state index in [0.717, 1.165) is 0 Å². The zero-order valence-electron chi connectivity index (χ0n) is 17.6. The van der Waals surface area contributed by atoms with E-state index < -0.39 is 54.3 Å². The van der Waals surface area contributed by atoms with E-state index in [1.54, 1.807) is 0 Å². The Morgan fingerprint density at radius 2 is 1.88 bits per heavy atom. The number of H-pyrrole nitrogens is 1. The van der Waals surface area contributed by atoms with Gasteiger partial charge >= 0.3 is 5.97 Å². The van der Waals surface area contributed by atoms with E-state index in [0.29, 0.717) is 11.4 Å². The van der Waals surface area contributed by atoms with E-state index in [4.69, 9.17) is 11.5 Å². The number of hydrogen-bond donors (Lipinski definition) is 7. The van der Waals surface area contributed by atoms with Crippen LogP contribution >= 0.6 is 11.8 Å². The second-order valence-corrected chi connectivity index (χ2v) is 7.90. The maximum atomic E-state index is 12.7. The fourth-order valence-corrected chi connectivity index (χ4v) is 3.04. The summed E-state index contributed by atoms with van der Waals surface area (Å²) < 4.78 is 0. The molecule has 0 fully saturated rings. The molecule has 4 amide bonds. The van der Waals surface area contributed by atoms with Crippen LogP contribution in [0, 0.1) is 0 Å². The second-order valence-electron chi connectivity index (χ2n) is 6.91. The third-order valence-electron chi connectivity index (χ3n) is 4.32. The van der Waals surface area contributed by atoms with Crippen LogP contribution in [0.2, 0.25) is 0 Å². The lowest BCUT2D eigenvalue weighted by atomic mass is 10.1. The van der Waals surface area contributed by atoms with Gasteiger partial charge in [-0.2, -0.15) is 11.8 Å². The highest BCUT2D eigenvalue weighted by molar-refractivity contribution is 7.98. The molecule has 0 saturated heterocycles. The summed E-state index contributed by atoms with van der Waals surface area (Å²) in [7, 11) is 0. The first-order valence-corrected chi connectivity index (χ1v) is 11.1. The lowest BCUT2D eigenvalue weighted by Gasteiger charge is -2.21. The first-order chi connectivity index (χ1) is 15.1. The molecular weight excluding hydrogens is 442 g/mol. The molecule has 0 aliphatic rings. The smallest absolute Gasteiger partial charge is 0.326 e. The highest BCUT2D eigenvalue weighted by Crippen LogP contribution is 2.04. The number of thioether (sulfide) groups is 1. The Morgan fingerprint density at radius 3 is 2.44 bits per heavy atom. The maximum Gasteiger partial charge on any atom is 0.326 e. The van der Waals surface area contributed by atoms with Crippen LogP contribution in [0.25, 0.3) is 0 Å². The molecule has 13 nitrogen and oxygen atoms in total. The van der Waals surface area contributed by atoms with Crippen molar-refractivity contribution in [3.8, 4) is 0 Å². The average molecular weight is 472 g/mol. The number of amides is 4. The van der Waals surface area contributed by atoms with Crippen LogP contribution in [0.5, 0.6) is 0 Å². The second kappa shape index (κ2) is 14.0. The molecule has 0 aliphatic heterocycles. The SMILES string of the molecule is CSCCC(NC(=O)C(Cc1cnc[nH]1)NC(=O)CNC(=O)C(N)CCC(N)=O)C(=O)O. The minimum atomic E-state index is -1.18. The predicted molar refractivity (Wildman–Crippen MR) is 116 cm³/mol. The summed E-state index contributed by atoms with van der Waals surface area (Å²) in [6.45, 7) is -0.468. The van der Waals surface area contributed by atoms with Gasteiger partial charge in [-0.3, -0.25) is 19.2 Å². The van der Waals surface area contributed by atoms with Crippen molar-refractivity contribution in [2.24, 2.45) is 11.5 Å². The van der Waals surface area contributed by atoms with Gasteiger partial charge in [-0.15, -0.1) is 0 Å². The van der Waals surface area contributed by atoms with Gasteiger partial charge in [0.1, 0.15) is 12.1 Å². The number of carbonyl (C=O) groups excluding carboxylic acids is 4. The largest absolute Gasteiger partial charge is 0.480 e. The third kappa shape index (κ3) is 10.3. The molecule has 3 atom stereocenters. The van der Waals surface area contributed by atoms with E-state index in [1.165, 1.54) is 24.3 Å². The number of rotatable bonds is 15. The fourth-order valence-electron chi connectivity index (χ4n) is 2.56. The number of aliphatic carboxylic acids is 1. The number of aromatic amines is 1. The lowest BCUT2D eigenvalue weighted by molar-refractivity contribution is -0.142. The summed E-state index contributed by atoms with van der Waals surface area (Å²) in [5.74, 6) is -3.29. The molecule has 0 radical (unpaired) electrons. The highest BCUT2D eigenvalue weighted by atomic mass is 32.2. The molecule has 1 rings (SSSR count). The summed E-state index contributed by atoms with van der Waals surface area (Å²) in [6, 6.07) is -3.24. The average Bonchev–Trinajstić information content (AvgIpc) is 3.25. The van der Waals surface area contributed by atoms with Gasteiger partial charge in [0.15, 0.2) is 0 Å². The van der Waals surface area contributed by atoms with Crippen LogP contribution in [0.15, 0.2) is 12.5 Å². The monoisotopic (exact) mass is 471 g/mol. The molecule has 1 aromatic heterocycles. The minimum Gasteiger partial charge on any atom is -0.480 e. The predicted octanol–water partition coefficient (Wildman–Crippen LogP) is -2.53. The quantitative estimate of drug-likeness (QED) is 0.143. The van der Waals surface area contributed by atoms with Gasteiger partial charge in [-0.25, -0.2) is 9.78 Å². The van der Waals surface area contributed by atoms with Crippen molar-refractivity contribution in [2.75, 3.05) is 18.6 Å². The highest BCUT2D eigenvalue weighted by Gasteiger charge is 2.27. The molecule has 0 saturated carbocycles. The van der Waals surface area contributed by atoms with Crippen LogP contribution in [0.3, 0.4) is 0 Å². The van der Waals surface area contributed by atoms with Gasteiger partial charge in [0, 0.05) is 24.7 Å². The molecule has 1 aromatic rings. The Morgan fingerprint density at radius 1 is 1.16 bits per heavy atom. The molecule has 0 spiro atoms. The van der Waals surface area contributed by atoms with Crippen LogP contribution in [-0.2, 0) is 30.4 Å². The zero-order valence-corrected chi connectivity index (χ0v) is 18.4. The number of hydrogen-bond acceptors (Lipinski definition) is 8. The van der Waals surface area contributed by atoms with Crippen molar-refractivity contribution in [3.63, 3.8) is 0 Å². The zero-order chi connectivity index (χ0) is 24.1. The molecule has 178 valence electrons. The number of imidazole rings is 1. The number of nitrogens with two attached hydrogens (primary N) is 2. The first kappa shape index (κ1) is 26.9. The van der Waals surface area contributed by atoms with Gasteiger partial charge in [0.25, 0.3) is 0 Å². The van der Waals surface area contributed by atoms with Crippen molar-refractivity contribution >= 4 is 41.4 Å². The number of aromatic nitrogens is 2. The molecular formula is C18H29N7O6S. The Bertz CT molecular complexity index is 789. The third-order valence-corrected chi connectivity index (χ3v) is 4.96. The standard InChI is InChI=1S/C18H29N7O6S/c1-32-5-4-12(18(30)31)25-17(29)13(6-10-7-21-9-23-10)24-15(27)8-22-16(28)11(19)2-3-14(20)26/h7,9,11-13H,2-6,8,19H2,1H3,(H2,20,26)(H,21,23)(H,22,28)(H,24,27)(H,25,29)(H,30,31). The molecule has 3 unspecified atom stereocenters. The number of carboxylic acids is 1. The first-order valence-electron chi connectivity index (χ1n) is 9.74. The Kier molecular flexibility index (Phi) is 11.8. The van der Waals surface area contributed by atoms with Crippen LogP contribution in [-0.4, -0.2) is 81.4 Å². The summed E-state index contributed by atoms with van der Waals surface area (Å²) in [6.07, 6.45) is 4.88. The number of nitrogens with zero attached hydrogens (tertiary/aromatic N) is 1. The normalized spacial score (nSPS) is 13.4. The van der Waals surface area contributed by atoms with Gasteiger partial charge in [0.05, 0.1) is 18.9 Å². The van der Waals surface area contributed by atoms with Crippen molar-refractivity contribution in [1.29, 1.82) is 0 Å². The molecule has 32 heavy (non-hydrogen) atoms. The molecule has 0 aliphatic carbocycles. The number of carboxylic acid groups (broad SMARTS) is 1. The van der Waals surface area contributed by atoms with Crippen molar-refractivity contribution in [1.82, 2.24) is 25.9 Å².